The number of rotatable bonds is 7. The summed E-state index contributed by atoms with van der Waals surface area (Å²) in [5.74, 6) is -0.732. The highest BCUT2D eigenvalue weighted by molar-refractivity contribution is 5.82. The highest BCUT2D eigenvalue weighted by Crippen LogP contribution is 2.06. The molecule has 0 spiro atoms. The molecule has 1 rings (SSSR count). The first kappa shape index (κ1) is 17.0. The van der Waals surface area contributed by atoms with E-state index in [0.717, 1.165) is 12.0 Å². The standard InChI is InChI=1S/C16H24N2O3/c1-4-13(11(2)3)17-16(21)18-14(15(19)20)10-12-8-6-5-7-9-12/h5-9,11,13-14H,4,10H2,1-3H3,(H,19,20)(H2,17,18,21)/t13?,14-/m0/s1. The Labute approximate surface area is 125 Å². The van der Waals surface area contributed by atoms with Gasteiger partial charge in [0.1, 0.15) is 6.04 Å². The van der Waals surface area contributed by atoms with Gasteiger partial charge in [-0.2, -0.15) is 0 Å². The average molecular weight is 292 g/mol. The van der Waals surface area contributed by atoms with E-state index in [4.69, 9.17) is 0 Å². The van der Waals surface area contributed by atoms with Crippen LogP contribution in [0.15, 0.2) is 30.3 Å². The van der Waals surface area contributed by atoms with Gasteiger partial charge in [0.25, 0.3) is 0 Å². The zero-order chi connectivity index (χ0) is 15.8. The van der Waals surface area contributed by atoms with Gasteiger partial charge in [-0.05, 0) is 17.9 Å². The fourth-order valence-electron chi connectivity index (χ4n) is 2.16. The summed E-state index contributed by atoms with van der Waals surface area (Å²) in [6.45, 7) is 6.03. The van der Waals surface area contributed by atoms with Crippen molar-refractivity contribution in [3.8, 4) is 0 Å². The maximum Gasteiger partial charge on any atom is 0.326 e. The topological polar surface area (TPSA) is 78.4 Å². The third-order valence-electron chi connectivity index (χ3n) is 3.45. The maximum absolute atomic E-state index is 11.9. The number of nitrogens with one attached hydrogen (secondary N) is 2. The van der Waals surface area contributed by atoms with Crippen molar-refractivity contribution >= 4 is 12.0 Å². The zero-order valence-corrected chi connectivity index (χ0v) is 12.8. The summed E-state index contributed by atoms with van der Waals surface area (Å²) in [6.07, 6.45) is 1.07. The van der Waals surface area contributed by atoms with Crippen molar-refractivity contribution in [2.75, 3.05) is 0 Å². The molecular formula is C16H24N2O3. The molecule has 116 valence electrons. The van der Waals surface area contributed by atoms with Crippen LogP contribution in [0.2, 0.25) is 0 Å². The van der Waals surface area contributed by atoms with Crippen LogP contribution in [-0.4, -0.2) is 29.2 Å². The third kappa shape index (κ3) is 5.85. The molecule has 5 nitrogen and oxygen atoms in total. The molecule has 0 saturated heterocycles. The molecule has 0 aliphatic heterocycles. The SMILES string of the molecule is CCC(NC(=O)N[C@@H](Cc1ccccc1)C(=O)O)C(C)C. The molecule has 0 aromatic heterocycles. The van der Waals surface area contributed by atoms with Crippen LogP contribution >= 0.6 is 0 Å². The lowest BCUT2D eigenvalue weighted by Crippen LogP contribution is -2.50. The van der Waals surface area contributed by atoms with E-state index in [1.165, 1.54) is 0 Å². The number of carbonyl (C=O) groups excluding carboxylic acids is 1. The van der Waals surface area contributed by atoms with E-state index in [0.29, 0.717) is 5.92 Å². The number of carboxylic acid groups (broad SMARTS) is 1. The van der Waals surface area contributed by atoms with Gasteiger partial charge in [-0.3, -0.25) is 0 Å². The summed E-state index contributed by atoms with van der Waals surface area (Å²) in [5, 5.41) is 14.6. The molecule has 0 bridgehead atoms. The smallest absolute Gasteiger partial charge is 0.326 e. The first-order valence-electron chi connectivity index (χ1n) is 7.27. The molecule has 21 heavy (non-hydrogen) atoms. The number of carbonyl (C=O) groups is 2. The summed E-state index contributed by atoms with van der Waals surface area (Å²) in [7, 11) is 0. The van der Waals surface area contributed by atoms with Crippen LogP contribution in [0.25, 0.3) is 0 Å². The number of benzene rings is 1. The first-order valence-corrected chi connectivity index (χ1v) is 7.27. The largest absolute Gasteiger partial charge is 0.480 e. The van der Waals surface area contributed by atoms with Gasteiger partial charge < -0.3 is 15.7 Å². The van der Waals surface area contributed by atoms with Crippen molar-refractivity contribution < 1.29 is 14.7 Å². The highest BCUT2D eigenvalue weighted by atomic mass is 16.4. The third-order valence-corrected chi connectivity index (χ3v) is 3.45. The Morgan fingerprint density at radius 3 is 2.24 bits per heavy atom. The zero-order valence-electron chi connectivity index (χ0n) is 12.8. The van der Waals surface area contributed by atoms with Crippen molar-refractivity contribution in [2.24, 2.45) is 5.92 Å². The van der Waals surface area contributed by atoms with Gasteiger partial charge in [0, 0.05) is 12.5 Å². The Morgan fingerprint density at radius 1 is 1.14 bits per heavy atom. The lowest BCUT2D eigenvalue weighted by Gasteiger charge is -2.22. The maximum atomic E-state index is 11.9. The normalized spacial score (nSPS) is 13.5. The van der Waals surface area contributed by atoms with E-state index in [1.807, 2.05) is 51.1 Å². The summed E-state index contributed by atoms with van der Waals surface area (Å²) in [6, 6.07) is 7.93. The molecule has 1 aromatic rings. The van der Waals surface area contributed by atoms with E-state index in [1.54, 1.807) is 0 Å². The second-order valence-electron chi connectivity index (χ2n) is 5.46. The summed E-state index contributed by atoms with van der Waals surface area (Å²) < 4.78 is 0. The fourth-order valence-corrected chi connectivity index (χ4v) is 2.16. The number of amides is 2. The number of hydrogen-bond donors (Lipinski definition) is 3. The second-order valence-corrected chi connectivity index (χ2v) is 5.46. The van der Waals surface area contributed by atoms with Crippen molar-refractivity contribution in [3.05, 3.63) is 35.9 Å². The van der Waals surface area contributed by atoms with E-state index in [2.05, 4.69) is 10.6 Å². The van der Waals surface area contributed by atoms with Gasteiger partial charge in [-0.25, -0.2) is 9.59 Å². The molecule has 2 atom stereocenters. The Kier molecular flexibility index (Phi) is 6.72. The summed E-state index contributed by atoms with van der Waals surface area (Å²) in [5.41, 5.74) is 0.876. The van der Waals surface area contributed by atoms with Crippen LogP contribution in [0, 0.1) is 5.92 Å². The minimum absolute atomic E-state index is 0.0381. The van der Waals surface area contributed by atoms with Crippen molar-refractivity contribution in [2.45, 2.75) is 45.7 Å². The average Bonchev–Trinajstić information content (AvgIpc) is 2.44. The Balaban J connectivity index is 2.62. The number of urea groups is 1. The molecular weight excluding hydrogens is 268 g/mol. The molecule has 0 aliphatic carbocycles. The number of aliphatic carboxylic acids is 1. The van der Waals surface area contributed by atoms with E-state index >= 15 is 0 Å². The lowest BCUT2D eigenvalue weighted by molar-refractivity contribution is -0.139. The molecule has 1 unspecified atom stereocenters. The predicted octanol–water partition coefficient (Wildman–Crippen LogP) is 2.42. The minimum atomic E-state index is -1.04. The van der Waals surface area contributed by atoms with Crippen LogP contribution in [0.4, 0.5) is 4.79 Å². The van der Waals surface area contributed by atoms with Crippen LogP contribution in [0.1, 0.15) is 32.8 Å². The van der Waals surface area contributed by atoms with Crippen molar-refractivity contribution in [1.29, 1.82) is 0 Å². The van der Waals surface area contributed by atoms with Crippen molar-refractivity contribution in [1.82, 2.24) is 10.6 Å². The Bertz CT molecular complexity index is 460. The molecule has 0 fully saturated rings. The van der Waals surface area contributed by atoms with Gasteiger partial charge in [0.2, 0.25) is 0 Å². The van der Waals surface area contributed by atoms with Gasteiger partial charge in [-0.15, -0.1) is 0 Å². The Morgan fingerprint density at radius 2 is 1.76 bits per heavy atom. The van der Waals surface area contributed by atoms with Crippen LogP contribution in [0.5, 0.6) is 0 Å². The molecule has 0 heterocycles. The lowest BCUT2D eigenvalue weighted by atomic mass is 10.0. The van der Waals surface area contributed by atoms with Gasteiger partial charge in [-0.1, -0.05) is 51.1 Å². The van der Waals surface area contributed by atoms with E-state index in [9.17, 15) is 14.7 Å². The summed E-state index contributed by atoms with van der Waals surface area (Å²) in [4.78, 5) is 23.2. The molecule has 2 amide bonds. The first-order chi connectivity index (χ1) is 9.93. The fraction of sp³-hybridized carbons (Fsp3) is 0.500. The molecule has 3 N–H and O–H groups in total. The van der Waals surface area contributed by atoms with Crippen molar-refractivity contribution in [3.63, 3.8) is 0 Å². The highest BCUT2D eigenvalue weighted by Gasteiger charge is 2.22. The second kappa shape index (κ2) is 8.29. The van der Waals surface area contributed by atoms with Gasteiger partial charge in [0.05, 0.1) is 0 Å². The summed E-state index contributed by atoms with van der Waals surface area (Å²) >= 11 is 0. The van der Waals surface area contributed by atoms with Crippen LogP contribution < -0.4 is 10.6 Å². The molecule has 1 aromatic carbocycles. The molecule has 0 saturated carbocycles. The van der Waals surface area contributed by atoms with Crippen LogP contribution in [0.3, 0.4) is 0 Å². The predicted molar refractivity (Wildman–Crippen MR) is 82.2 cm³/mol. The number of carboxylic acids is 1. The molecule has 5 heteroatoms. The molecule has 0 radical (unpaired) electrons. The minimum Gasteiger partial charge on any atom is -0.480 e. The monoisotopic (exact) mass is 292 g/mol. The quantitative estimate of drug-likeness (QED) is 0.722. The van der Waals surface area contributed by atoms with E-state index < -0.39 is 18.0 Å². The van der Waals surface area contributed by atoms with Crippen LogP contribution in [-0.2, 0) is 11.2 Å². The molecule has 0 aliphatic rings. The number of hydrogen-bond acceptors (Lipinski definition) is 2. The van der Waals surface area contributed by atoms with Gasteiger partial charge >= 0.3 is 12.0 Å². The Hall–Kier alpha value is -2.04. The van der Waals surface area contributed by atoms with Gasteiger partial charge in [0.15, 0.2) is 0 Å². The van der Waals surface area contributed by atoms with E-state index in [-0.39, 0.29) is 12.5 Å².